The molecule has 1 aliphatic rings. The number of hydrogen-bond acceptors (Lipinski definition) is 3. The van der Waals surface area contributed by atoms with Gasteiger partial charge in [0.2, 0.25) is 0 Å². The molecular weight excluding hydrogens is 282 g/mol. The van der Waals surface area contributed by atoms with E-state index in [0.717, 1.165) is 44.7 Å². The number of aryl methyl sites for hydroxylation is 1. The normalized spacial score (nSPS) is 15.1. The Balaban J connectivity index is 2.21. The van der Waals surface area contributed by atoms with Crippen LogP contribution in [0, 0.1) is 6.92 Å². The van der Waals surface area contributed by atoms with Gasteiger partial charge < -0.3 is 19.9 Å². The van der Waals surface area contributed by atoms with Crippen LogP contribution in [0.2, 0.25) is 0 Å². The van der Waals surface area contributed by atoms with Crippen molar-refractivity contribution >= 4 is 11.9 Å². The lowest BCUT2D eigenvalue weighted by atomic mass is 10.1. The lowest BCUT2D eigenvalue weighted by Crippen LogP contribution is -2.38. The fourth-order valence-electron chi connectivity index (χ4n) is 3.07. The second kappa shape index (κ2) is 6.96. The summed E-state index contributed by atoms with van der Waals surface area (Å²) in [4.78, 5) is 31.1. The number of H-pyrrole nitrogens is 1. The van der Waals surface area contributed by atoms with Crippen LogP contribution in [-0.2, 0) is 6.42 Å². The highest BCUT2D eigenvalue weighted by molar-refractivity contribution is 6.01. The maximum absolute atomic E-state index is 12.8. The Hall–Kier alpha value is -1.82. The molecule has 6 nitrogen and oxygen atoms in total. The molecule has 0 saturated heterocycles. The van der Waals surface area contributed by atoms with Gasteiger partial charge in [-0.3, -0.25) is 4.79 Å². The SMILES string of the molecule is CCN(CC)CCN1CCCc2[nH]c(C(=O)O)c(C)c2C1=O. The number of aromatic amines is 1. The zero-order chi connectivity index (χ0) is 16.3. The van der Waals surface area contributed by atoms with Gasteiger partial charge in [0.15, 0.2) is 0 Å². The van der Waals surface area contributed by atoms with Gasteiger partial charge in [-0.15, -0.1) is 0 Å². The standard InChI is InChI=1S/C16H25N3O3/c1-4-18(5-2)9-10-19-8-6-7-12-13(15(19)20)11(3)14(17-12)16(21)22/h17H,4-10H2,1-3H3,(H,21,22). The summed E-state index contributed by atoms with van der Waals surface area (Å²) in [5, 5.41) is 9.21. The fraction of sp³-hybridized carbons (Fsp3) is 0.625. The number of nitrogens with one attached hydrogen (secondary N) is 1. The van der Waals surface area contributed by atoms with E-state index in [2.05, 4.69) is 23.7 Å². The highest BCUT2D eigenvalue weighted by atomic mass is 16.4. The van der Waals surface area contributed by atoms with Gasteiger partial charge in [0.05, 0.1) is 5.56 Å². The molecule has 6 heteroatoms. The first kappa shape index (κ1) is 16.5. The maximum Gasteiger partial charge on any atom is 0.352 e. The summed E-state index contributed by atoms with van der Waals surface area (Å²) >= 11 is 0. The van der Waals surface area contributed by atoms with Crippen LogP contribution in [0.3, 0.4) is 0 Å². The monoisotopic (exact) mass is 307 g/mol. The molecule has 0 saturated carbocycles. The summed E-state index contributed by atoms with van der Waals surface area (Å²) in [6, 6.07) is 0. The van der Waals surface area contributed by atoms with Crippen LogP contribution in [0.25, 0.3) is 0 Å². The average molecular weight is 307 g/mol. The van der Waals surface area contributed by atoms with Crippen LogP contribution in [0.4, 0.5) is 0 Å². The number of carboxylic acid groups (broad SMARTS) is 1. The van der Waals surface area contributed by atoms with E-state index in [-0.39, 0.29) is 11.6 Å². The molecule has 22 heavy (non-hydrogen) atoms. The van der Waals surface area contributed by atoms with Crippen molar-refractivity contribution in [1.29, 1.82) is 0 Å². The molecule has 1 aliphatic heterocycles. The van der Waals surface area contributed by atoms with Crippen molar-refractivity contribution < 1.29 is 14.7 Å². The molecule has 0 atom stereocenters. The number of hydrogen-bond donors (Lipinski definition) is 2. The van der Waals surface area contributed by atoms with Crippen LogP contribution < -0.4 is 0 Å². The quantitative estimate of drug-likeness (QED) is 0.839. The highest BCUT2D eigenvalue weighted by Gasteiger charge is 2.29. The molecule has 0 unspecified atom stereocenters. The molecule has 2 N–H and O–H groups in total. The van der Waals surface area contributed by atoms with Crippen LogP contribution >= 0.6 is 0 Å². The number of rotatable bonds is 6. The van der Waals surface area contributed by atoms with Gasteiger partial charge in [-0.2, -0.15) is 0 Å². The van der Waals surface area contributed by atoms with Gasteiger partial charge in [-0.25, -0.2) is 4.79 Å². The van der Waals surface area contributed by atoms with Crippen LogP contribution in [0.1, 0.15) is 52.4 Å². The van der Waals surface area contributed by atoms with Crippen molar-refractivity contribution in [3.05, 3.63) is 22.5 Å². The minimum absolute atomic E-state index is 0.0408. The summed E-state index contributed by atoms with van der Waals surface area (Å²) in [5.74, 6) is -1.05. The molecule has 0 fully saturated rings. The number of carbonyl (C=O) groups is 2. The van der Waals surface area contributed by atoms with E-state index in [1.807, 2.05) is 4.90 Å². The van der Waals surface area contributed by atoms with E-state index in [9.17, 15) is 14.7 Å². The van der Waals surface area contributed by atoms with E-state index < -0.39 is 5.97 Å². The smallest absolute Gasteiger partial charge is 0.352 e. The molecule has 0 radical (unpaired) electrons. The molecule has 1 amide bonds. The topological polar surface area (TPSA) is 76.6 Å². The number of nitrogens with zero attached hydrogens (tertiary/aromatic N) is 2. The molecule has 1 aromatic heterocycles. The molecule has 0 aliphatic carbocycles. The highest BCUT2D eigenvalue weighted by Crippen LogP contribution is 2.24. The summed E-state index contributed by atoms with van der Waals surface area (Å²) in [6.07, 6.45) is 1.58. The number of amides is 1. The van der Waals surface area contributed by atoms with Gasteiger partial charge in [0, 0.05) is 25.3 Å². The van der Waals surface area contributed by atoms with Crippen molar-refractivity contribution in [2.24, 2.45) is 0 Å². The van der Waals surface area contributed by atoms with E-state index in [0.29, 0.717) is 17.7 Å². The Morgan fingerprint density at radius 2 is 2.05 bits per heavy atom. The molecule has 0 spiro atoms. The van der Waals surface area contributed by atoms with Gasteiger partial charge in [-0.05, 0) is 38.4 Å². The average Bonchev–Trinajstić information content (AvgIpc) is 2.73. The summed E-state index contributed by atoms with van der Waals surface area (Å²) in [5.41, 5.74) is 2.03. The summed E-state index contributed by atoms with van der Waals surface area (Å²) in [6.45, 7) is 10.1. The van der Waals surface area contributed by atoms with E-state index >= 15 is 0 Å². The molecule has 2 heterocycles. The number of carboxylic acids is 1. The summed E-state index contributed by atoms with van der Waals surface area (Å²) < 4.78 is 0. The van der Waals surface area contributed by atoms with Crippen molar-refractivity contribution in [3.63, 3.8) is 0 Å². The first-order valence-electron chi connectivity index (χ1n) is 7.95. The summed E-state index contributed by atoms with van der Waals surface area (Å²) in [7, 11) is 0. The van der Waals surface area contributed by atoms with Gasteiger partial charge in [0.25, 0.3) is 5.91 Å². The maximum atomic E-state index is 12.8. The van der Waals surface area contributed by atoms with Crippen molar-refractivity contribution in [3.8, 4) is 0 Å². The Morgan fingerprint density at radius 3 is 2.64 bits per heavy atom. The third-order valence-corrected chi connectivity index (χ3v) is 4.48. The Kier molecular flexibility index (Phi) is 5.24. The van der Waals surface area contributed by atoms with E-state index in [1.165, 1.54) is 0 Å². The largest absolute Gasteiger partial charge is 0.477 e. The van der Waals surface area contributed by atoms with Gasteiger partial charge in [-0.1, -0.05) is 13.8 Å². The minimum Gasteiger partial charge on any atom is -0.477 e. The molecule has 0 aromatic carbocycles. The zero-order valence-corrected chi connectivity index (χ0v) is 13.6. The first-order valence-corrected chi connectivity index (χ1v) is 7.95. The molecule has 0 bridgehead atoms. The second-order valence-corrected chi connectivity index (χ2v) is 5.71. The van der Waals surface area contributed by atoms with Crippen LogP contribution in [0.5, 0.6) is 0 Å². The minimum atomic E-state index is -1.01. The van der Waals surface area contributed by atoms with Crippen molar-refractivity contribution in [1.82, 2.24) is 14.8 Å². The second-order valence-electron chi connectivity index (χ2n) is 5.71. The van der Waals surface area contributed by atoms with E-state index in [4.69, 9.17) is 0 Å². The number of aromatic carboxylic acids is 1. The third-order valence-electron chi connectivity index (χ3n) is 4.48. The van der Waals surface area contributed by atoms with Gasteiger partial charge >= 0.3 is 5.97 Å². The van der Waals surface area contributed by atoms with Crippen LogP contribution in [-0.4, -0.2) is 64.5 Å². The van der Waals surface area contributed by atoms with E-state index in [1.54, 1.807) is 6.92 Å². The number of aromatic nitrogens is 1. The first-order chi connectivity index (χ1) is 10.5. The Bertz CT molecular complexity index is 561. The van der Waals surface area contributed by atoms with Crippen LogP contribution in [0.15, 0.2) is 0 Å². The number of carbonyl (C=O) groups excluding carboxylic acids is 1. The fourth-order valence-corrected chi connectivity index (χ4v) is 3.07. The predicted molar refractivity (Wildman–Crippen MR) is 84.5 cm³/mol. The molecular formula is C16H25N3O3. The zero-order valence-electron chi connectivity index (χ0n) is 13.6. The van der Waals surface area contributed by atoms with Crippen molar-refractivity contribution in [2.45, 2.75) is 33.6 Å². The molecule has 2 rings (SSSR count). The molecule has 122 valence electrons. The van der Waals surface area contributed by atoms with Gasteiger partial charge in [0.1, 0.15) is 5.69 Å². The predicted octanol–water partition coefficient (Wildman–Crippen LogP) is 1.75. The lowest BCUT2D eigenvalue weighted by molar-refractivity contribution is 0.0690. The number of likely N-dealkylation sites (N-methyl/N-ethyl adjacent to an activating group) is 1. The molecule has 1 aromatic rings. The Labute approximate surface area is 131 Å². The lowest BCUT2D eigenvalue weighted by Gasteiger charge is -2.25. The van der Waals surface area contributed by atoms with Crippen molar-refractivity contribution in [2.75, 3.05) is 32.7 Å². The third kappa shape index (κ3) is 3.16. The number of fused-ring (bicyclic) bond motifs is 1. The Morgan fingerprint density at radius 1 is 1.36 bits per heavy atom.